The fourth-order valence-corrected chi connectivity index (χ4v) is 1.97. The summed E-state index contributed by atoms with van der Waals surface area (Å²) in [5.41, 5.74) is 0.540. The molecule has 1 heterocycles. The van der Waals surface area contributed by atoms with Crippen molar-refractivity contribution in [1.29, 1.82) is 0 Å². The maximum Gasteiger partial charge on any atom is 0.341 e. The Bertz CT molecular complexity index is 500. The molecule has 7 heteroatoms. The van der Waals surface area contributed by atoms with Gasteiger partial charge in [-0.15, -0.1) is 0 Å². The second kappa shape index (κ2) is 7.49. The van der Waals surface area contributed by atoms with Gasteiger partial charge in [-0.25, -0.2) is 9.59 Å². The molecule has 1 aromatic rings. The van der Waals surface area contributed by atoms with Gasteiger partial charge in [-0.2, -0.15) is 0 Å². The van der Waals surface area contributed by atoms with Crippen LogP contribution < -0.4 is 15.4 Å². The maximum atomic E-state index is 11.7. The number of aliphatic carboxylic acids is 1. The van der Waals surface area contributed by atoms with Crippen molar-refractivity contribution in [3.05, 3.63) is 24.3 Å². The zero-order valence-electron chi connectivity index (χ0n) is 11.5. The number of carbonyl (C=O) groups is 2. The van der Waals surface area contributed by atoms with Crippen molar-refractivity contribution in [2.24, 2.45) is 5.92 Å². The first kappa shape index (κ1) is 15.1. The third-order valence-corrected chi connectivity index (χ3v) is 3.03. The summed E-state index contributed by atoms with van der Waals surface area (Å²) in [4.78, 5) is 22.2. The Labute approximate surface area is 122 Å². The van der Waals surface area contributed by atoms with Crippen molar-refractivity contribution in [1.82, 2.24) is 5.32 Å². The molecule has 1 aromatic carbocycles. The van der Waals surface area contributed by atoms with Crippen LogP contribution in [0.15, 0.2) is 24.3 Å². The number of hydrogen-bond donors (Lipinski definition) is 3. The minimum Gasteiger partial charge on any atom is -0.482 e. The van der Waals surface area contributed by atoms with Crippen LogP contribution in [0, 0.1) is 5.92 Å². The molecule has 2 rings (SSSR count). The van der Waals surface area contributed by atoms with Crippen molar-refractivity contribution in [2.45, 2.75) is 6.42 Å². The van der Waals surface area contributed by atoms with Crippen molar-refractivity contribution in [3.63, 3.8) is 0 Å². The van der Waals surface area contributed by atoms with E-state index in [1.54, 1.807) is 24.3 Å². The minimum absolute atomic E-state index is 0.308. The molecular weight excluding hydrogens is 276 g/mol. The Hall–Kier alpha value is -2.28. The molecule has 0 aromatic heterocycles. The lowest BCUT2D eigenvalue weighted by Gasteiger charge is -2.11. The van der Waals surface area contributed by atoms with Crippen LogP contribution in [0.2, 0.25) is 0 Å². The first-order chi connectivity index (χ1) is 10.1. The molecule has 21 heavy (non-hydrogen) atoms. The van der Waals surface area contributed by atoms with Crippen molar-refractivity contribution in [2.75, 3.05) is 31.7 Å². The predicted octanol–water partition coefficient (Wildman–Crippen LogP) is 1.31. The van der Waals surface area contributed by atoms with Gasteiger partial charge in [0.05, 0.1) is 6.61 Å². The molecular formula is C14H18N2O5. The second-order valence-electron chi connectivity index (χ2n) is 4.77. The summed E-state index contributed by atoms with van der Waals surface area (Å²) in [6.07, 6.45) is 0.957. The molecule has 1 unspecified atom stereocenters. The molecule has 114 valence electrons. The largest absolute Gasteiger partial charge is 0.482 e. The van der Waals surface area contributed by atoms with E-state index in [-0.39, 0.29) is 6.03 Å². The summed E-state index contributed by atoms with van der Waals surface area (Å²) in [6, 6.07) is 6.27. The summed E-state index contributed by atoms with van der Waals surface area (Å²) in [6.45, 7) is 1.58. The third kappa shape index (κ3) is 5.31. The average Bonchev–Trinajstić information content (AvgIpc) is 2.97. The van der Waals surface area contributed by atoms with Crippen LogP contribution in [0.4, 0.5) is 10.5 Å². The molecule has 0 radical (unpaired) electrons. The second-order valence-corrected chi connectivity index (χ2v) is 4.77. The van der Waals surface area contributed by atoms with E-state index in [9.17, 15) is 9.59 Å². The molecule has 7 nitrogen and oxygen atoms in total. The first-order valence-corrected chi connectivity index (χ1v) is 6.71. The van der Waals surface area contributed by atoms with Crippen molar-refractivity contribution in [3.8, 4) is 5.75 Å². The van der Waals surface area contributed by atoms with Crippen molar-refractivity contribution >= 4 is 17.7 Å². The Balaban J connectivity index is 1.79. The van der Waals surface area contributed by atoms with Gasteiger partial charge in [-0.3, -0.25) is 0 Å². The Kier molecular flexibility index (Phi) is 5.39. The van der Waals surface area contributed by atoms with Gasteiger partial charge < -0.3 is 25.2 Å². The molecule has 0 aliphatic carbocycles. The first-order valence-electron chi connectivity index (χ1n) is 6.71. The fourth-order valence-electron chi connectivity index (χ4n) is 1.97. The molecule has 1 aliphatic heterocycles. The lowest BCUT2D eigenvalue weighted by atomic mass is 10.1. The molecule has 0 bridgehead atoms. The van der Waals surface area contributed by atoms with Gasteiger partial charge in [0, 0.05) is 30.8 Å². The number of anilines is 1. The molecule has 3 N–H and O–H groups in total. The van der Waals surface area contributed by atoms with Crippen LogP contribution in [0.1, 0.15) is 6.42 Å². The highest BCUT2D eigenvalue weighted by molar-refractivity contribution is 5.89. The molecule has 1 aliphatic rings. The molecule has 2 amide bonds. The summed E-state index contributed by atoms with van der Waals surface area (Å²) in [5.74, 6) is -0.301. The van der Waals surface area contributed by atoms with Gasteiger partial charge >= 0.3 is 12.0 Å². The van der Waals surface area contributed by atoms with Gasteiger partial charge in [0.15, 0.2) is 6.61 Å². The van der Waals surface area contributed by atoms with Crippen LogP contribution >= 0.6 is 0 Å². The Morgan fingerprint density at radius 1 is 1.43 bits per heavy atom. The number of benzene rings is 1. The van der Waals surface area contributed by atoms with E-state index in [0.717, 1.165) is 13.0 Å². The lowest BCUT2D eigenvalue weighted by Crippen LogP contribution is -2.33. The third-order valence-electron chi connectivity index (χ3n) is 3.03. The van der Waals surface area contributed by atoms with E-state index in [0.29, 0.717) is 30.5 Å². The van der Waals surface area contributed by atoms with E-state index >= 15 is 0 Å². The van der Waals surface area contributed by atoms with E-state index in [1.165, 1.54) is 0 Å². The zero-order chi connectivity index (χ0) is 15.1. The smallest absolute Gasteiger partial charge is 0.341 e. The quantitative estimate of drug-likeness (QED) is 0.735. The highest BCUT2D eigenvalue weighted by Crippen LogP contribution is 2.17. The number of carbonyl (C=O) groups excluding carboxylic acids is 1. The van der Waals surface area contributed by atoms with Crippen LogP contribution in [-0.4, -0.2) is 43.5 Å². The molecule has 0 saturated carbocycles. The summed E-state index contributed by atoms with van der Waals surface area (Å²) in [5, 5.41) is 14.0. The lowest BCUT2D eigenvalue weighted by molar-refractivity contribution is -0.139. The van der Waals surface area contributed by atoms with Gasteiger partial charge in [-0.05, 0) is 18.6 Å². The summed E-state index contributed by atoms with van der Waals surface area (Å²) in [7, 11) is 0. The van der Waals surface area contributed by atoms with E-state index < -0.39 is 12.6 Å². The van der Waals surface area contributed by atoms with Gasteiger partial charge in [-0.1, -0.05) is 6.07 Å². The van der Waals surface area contributed by atoms with E-state index in [2.05, 4.69) is 10.6 Å². The Morgan fingerprint density at radius 2 is 2.29 bits per heavy atom. The normalized spacial score (nSPS) is 17.2. The highest BCUT2D eigenvalue weighted by Gasteiger charge is 2.16. The number of urea groups is 1. The summed E-state index contributed by atoms with van der Waals surface area (Å²) < 4.78 is 10.3. The number of nitrogens with one attached hydrogen (secondary N) is 2. The van der Waals surface area contributed by atoms with Gasteiger partial charge in [0.2, 0.25) is 0 Å². The maximum absolute atomic E-state index is 11.7. The number of carboxylic acids is 1. The van der Waals surface area contributed by atoms with Crippen LogP contribution in [0.5, 0.6) is 5.75 Å². The highest BCUT2D eigenvalue weighted by atomic mass is 16.5. The van der Waals surface area contributed by atoms with Crippen LogP contribution in [0.3, 0.4) is 0 Å². The van der Waals surface area contributed by atoms with E-state index in [1.807, 2.05) is 0 Å². The summed E-state index contributed by atoms with van der Waals surface area (Å²) >= 11 is 0. The minimum atomic E-state index is -1.05. The number of amides is 2. The molecule has 1 atom stereocenters. The van der Waals surface area contributed by atoms with Crippen LogP contribution in [-0.2, 0) is 9.53 Å². The molecule has 0 spiro atoms. The number of hydrogen-bond acceptors (Lipinski definition) is 4. The zero-order valence-corrected chi connectivity index (χ0v) is 11.5. The fraction of sp³-hybridized carbons (Fsp3) is 0.429. The van der Waals surface area contributed by atoms with Crippen molar-refractivity contribution < 1.29 is 24.2 Å². The number of ether oxygens (including phenoxy) is 2. The average molecular weight is 294 g/mol. The monoisotopic (exact) mass is 294 g/mol. The van der Waals surface area contributed by atoms with Gasteiger partial charge in [0.1, 0.15) is 5.75 Å². The SMILES string of the molecule is O=C(O)COc1cccc(NC(=O)NCC2CCOC2)c1. The van der Waals surface area contributed by atoms with Crippen LogP contribution in [0.25, 0.3) is 0 Å². The Morgan fingerprint density at radius 3 is 3.00 bits per heavy atom. The van der Waals surface area contributed by atoms with E-state index in [4.69, 9.17) is 14.6 Å². The van der Waals surface area contributed by atoms with Gasteiger partial charge in [0.25, 0.3) is 0 Å². The standard InChI is InChI=1S/C14H18N2O5/c17-13(18)9-21-12-3-1-2-11(6-12)16-14(19)15-7-10-4-5-20-8-10/h1-3,6,10H,4-5,7-9H2,(H,17,18)(H2,15,16,19). The molecule has 1 saturated heterocycles. The molecule has 1 fully saturated rings. The number of rotatable bonds is 6. The number of carboxylic acid groups (broad SMARTS) is 1. The predicted molar refractivity (Wildman–Crippen MR) is 75.5 cm³/mol. The topological polar surface area (TPSA) is 96.9 Å².